The van der Waals surface area contributed by atoms with Crippen LogP contribution in [0.3, 0.4) is 0 Å². The van der Waals surface area contributed by atoms with Gasteiger partial charge in [-0.25, -0.2) is 0 Å². The summed E-state index contributed by atoms with van der Waals surface area (Å²) in [5.74, 6) is 0. The van der Waals surface area contributed by atoms with E-state index in [1.165, 1.54) is 51.5 Å². The molecule has 1 aliphatic heterocycles. The van der Waals surface area contributed by atoms with Crippen molar-refractivity contribution in [3.63, 3.8) is 0 Å². The second-order valence-corrected chi connectivity index (χ2v) is 7.12. The summed E-state index contributed by atoms with van der Waals surface area (Å²) in [4.78, 5) is 0. The van der Waals surface area contributed by atoms with Crippen LogP contribution in [0.4, 0.5) is 0 Å². The molecule has 0 aromatic rings. The van der Waals surface area contributed by atoms with Crippen molar-refractivity contribution in [1.82, 2.24) is 5.32 Å². The van der Waals surface area contributed by atoms with Crippen molar-refractivity contribution in [2.75, 3.05) is 19.4 Å². The second kappa shape index (κ2) is 4.18. The van der Waals surface area contributed by atoms with Crippen LogP contribution >= 0.6 is 11.8 Å². The Morgan fingerprint density at radius 1 is 1.31 bits per heavy atom. The van der Waals surface area contributed by atoms with E-state index in [2.05, 4.69) is 23.3 Å². The summed E-state index contributed by atoms with van der Waals surface area (Å²) in [7, 11) is 0. The molecule has 1 heterocycles. The molecule has 1 spiro atoms. The van der Waals surface area contributed by atoms with Gasteiger partial charge in [0.2, 0.25) is 0 Å². The maximum Gasteiger partial charge on any atom is 0.0697 e. The minimum atomic E-state index is 0.298. The lowest BCUT2D eigenvalue weighted by molar-refractivity contribution is -0.135. The van der Waals surface area contributed by atoms with E-state index in [-0.39, 0.29) is 0 Å². The van der Waals surface area contributed by atoms with Crippen molar-refractivity contribution in [2.24, 2.45) is 0 Å². The van der Waals surface area contributed by atoms with E-state index in [0.717, 1.165) is 12.6 Å². The van der Waals surface area contributed by atoms with E-state index in [4.69, 9.17) is 4.74 Å². The molecule has 16 heavy (non-hydrogen) atoms. The summed E-state index contributed by atoms with van der Waals surface area (Å²) in [6.45, 7) is 2.19. The highest BCUT2D eigenvalue weighted by Crippen LogP contribution is 2.47. The lowest BCUT2D eigenvalue weighted by Gasteiger charge is -2.47. The van der Waals surface area contributed by atoms with Gasteiger partial charge in [-0.15, -0.1) is 0 Å². The molecule has 3 heteroatoms. The van der Waals surface area contributed by atoms with Gasteiger partial charge in [0.25, 0.3) is 0 Å². The summed E-state index contributed by atoms with van der Waals surface area (Å²) in [6.07, 6.45) is 11.5. The molecule has 2 nitrogen and oxygen atoms in total. The Bertz CT molecular complexity index is 261. The molecule has 0 aromatic heterocycles. The lowest BCUT2D eigenvalue weighted by Crippen LogP contribution is -2.51. The SMILES string of the molecule is CSC1(CNC2CCOC3(CCC3)C2)CC1. The van der Waals surface area contributed by atoms with Crippen LogP contribution in [-0.2, 0) is 4.74 Å². The predicted octanol–water partition coefficient (Wildman–Crippen LogP) is 2.57. The van der Waals surface area contributed by atoms with Gasteiger partial charge < -0.3 is 10.1 Å². The van der Waals surface area contributed by atoms with Gasteiger partial charge in [0, 0.05) is 23.9 Å². The highest BCUT2D eigenvalue weighted by atomic mass is 32.2. The quantitative estimate of drug-likeness (QED) is 0.817. The minimum Gasteiger partial charge on any atom is -0.375 e. The molecule has 3 aliphatic rings. The fourth-order valence-electron chi connectivity index (χ4n) is 3.04. The zero-order valence-corrected chi connectivity index (χ0v) is 11.1. The molecule has 1 N–H and O–H groups in total. The van der Waals surface area contributed by atoms with E-state index in [1.807, 2.05) is 0 Å². The van der Waals surface area contributed by atoms with Gasteiger partial charge in [-0.05, 0) is 51.2 Å². The lowest BCUT2D eigenvalue weighted by atomic mass is 9.74. The maximum absolute atomic E-state index is 5.96. The molecule has 92 valence electrons. The summed E-state index contributed by atoms with van der Waals surface area (Å²) in [5.41, 5.74) is 0.298. The molecular formula is C13H23NOS. The first-order valence-electron chi connectivity index (χ1n) is 6.69. The third-order valence-electron chi connectivity index (χ3n) is 4.71. The van der Waals surface area contributed by atoms with Gasteiger partial charge in [0.05, 0.1) is 5.60 Å². The Morgan fingerprint density at radius 2 is 2.12 bits per heavy atom. The summed E-state index contributed by atoms with van der Waals surface area (Å²) in [5, 5.41) is 3.80. The van der Waals surface area contributed by atoms with Gasteiger partial charge >= 0.3 is 0 Å². The summed E-state index contributed by atoms with van der Waals surface area (Å²) >= 11 is 2.05. The number of hydrogen-bond donors (Lipinski definition) is 1. The van der Waals surface area contributed by atoms with Crippen molar-refractivity contribution in [3.8, 4) is 0 Å². The highest BCUT2D eigenvalue weighted by molar-refractivity contribution is 8.00. The first-order chi connectivity index (χ1) is 7.76. The Kier molecular flexibility index (Phi) is 2.97. The van der Waals surface area contributed by atoms with Crippen LogP contribution in [0, 0.1) is 0 Å². The topological polar surface area (TPSA) is 21.3 Å². The summed E-state index contributed by atoms with van der Waals surface area (Å²) < 4.78 is 6.56. The standard InChI is InChI=1S/C13H23NOS/c1-16-13(6-7-13)10-14-11-3-8-15-12(9-11)4-2-5-12/h11,14H,2-10H2,1H3. The Hall–Kier alpha value is 0.270. The van der Waals surface area contributed by atoms with Crippen molar-refractivity contribution < 1.29 is 4.74 Å². The average molecular weight is 241 g/mol. The Balaban J connectivity index is 1.48. The van der Waals surface area contributed by atoms with Crippen molar-refractivity contribution in [3.05, 3.63) is 0 Å². The van der Waals surface area contributed by atoms with Crippen molar-refractivity contribution >= 4 is 11.8 Å². The third kappa shape index (κ3) is 2.14. The highest BCUT2D eigenvalue weighted by Gasteiger charge is 2.45. The van der Waals surface area contributed by atoms with Crippen LogP contribution in [0.1, 0.15) is 44.9 Å². The van der Waals surface area contributed by atoms with Crippen LogP contribution in [0.15, 0.2) is 0 Å². The number of rotatable bonds is 4. The molecule has 3 rings (SSSR count). The van der Waals surface area contributed by atoms with Crippen molar-refractivity contribution in [1.29, 1.82) is 0 Å². The fourth-order valence-corrected chi connectivity index (χ4v) is 3.78. The first-order valence-corrected chi connectivity index (χ1v) is 7.91. The van der Waals surface area contributed by atoms with E-state index in [0.29, 0.717) is 10.3 Å². The van der Waals surface area contributed by atoms with E-state index < -0.39 is 0 Å². The first kappa shape index (κ1) is 11.4. The largest absolute Gasteiger partial charge is 0.375 e. The molecule has 1 saturated heterocycles. The molecule has 2 saturated carbocycles. The fraction of sp³-hybridized carbons (Fsp3) is 1.00. The zero-order chi connectivity index (χ0) is 11.1. The van der Waals surface area contributed by atoms with E-state index >= 15 is 0 Å². The smallest absolute Gasteiger partial charge is 0.0697 e. The molecule has 1 unspecified atom stereocenters. The monoisotopic (exact) mass is 241 g/mol. The number of ether oxygens (including phenoxy) is 1. The van der Waals surface area contributed by atoms with Crippen LogP contribution in [0.2, 0.25) is 0 Å². The Labute approximate surface area is 103 Å². The second-order valence-electron chi connectivity index (χ2n) is 5.84. The molecule has 0 radical (unpaired) electrons. The van der Waals surface area contributed by atoms with Gasteiger partial charge in [0.15, 0.2) is 0 Å². The molecule has 0 aromatic carbocycles. The molecule has 0 amide bonds. The molecular weight excluding hydrogens is 218 g/mol. The zero-order valence-electron chi connectivity index (χ0n) is 10.3. The minimum absolute atomic E-state index is 0.298. The number of hydrogen-bond acceptors (Lipinski definition) is 3. The normalized spacial score (nSPS) is 34.7. The molecule has 1 atom stereocenters. The Morgan fingerprint density at radius 3 is 2.69 bits per heavy atom. The van der Waals surface area contributed by atoms with E-state index in [9.17, 15) is 0 Å². The number of nitrogens with one attached hydrogen (secondary N) is 1. The number of thioether (sulfide) groups is 1. The predicted molar refractivity (Wildman–Crippen MR) is 69.0 cm³/mol. The molecule has 0 bridgehead atoms. The van der Waals surface area contributed by atoms with Crippen LogP contribution in [0.5, 0.6) is 0 Å². The van der Waals surface area contributed by atoms with E-state index in [1.54, 1.807) is 0 Å². The average Bonchev–Trinajstić information content (AvgIpc) is 3.06. The van der Waals surface area contributed by atoms with Gasteiger partial charge in [-0.1, -0.05) is 0 Å². The van der Waals surface area contributed by atoms with Gasteiger partial charge in [0.1, 0.15) is 0 Å². The van der Waals surface area contributed by atoms with Gasteiger partial charge in [-0.3, -0.25) is 0 Å². The molecule has 2 aliphatic carbocycles. The van der Waals surface area contributed by atoms with Crippen LogP contribution < -0.4 is 5.32 Å². The van der Waals surface area contributed by atoms with Crippen molar-refractivity contribution in [2.45, 2.75) is 61.3 Å². The molecule has 3 fully saturated rings. The summed E-state index contributed by atoms with van der Waals surface area (Å²) in [6, 6.07) is 0.721. The van der Waals surface area contributed by atoms with Crippen LogP contribution in [-0.4, -0.2) is 35.8 Å². The van der Waals surface area contributed by atoms with Crippen LogP contribution in [0.25, 0.3) is 0 Å². The van der Waals surface area contributed by atoms with Gasteiger partial charge in [-0.2, -0.15) is 11.8 Å². The third-order valence-corrected chi connectivity index (χ3v) is 6.13. The maximum atomic E-state index is 5.96.